The lowest BCUT2D eigenvalue weighted by molar-refractivity contribution is 0.0628. The van der Waals surface area contributed by atoms with Crippen molar-refractivity contribution in [3.8, 4) is 11.6 Å². The van der Waals surface area contributed by atoms with Gasteiger partial charge in [-0.15, -0.1) is 10.2 Å². The minimum Gasteiger partial charge on any atom is -0.455 e. The van der Waals surface area contributed by atoms with E-state index in [4.69, 9.17) is 8.83 Å². The van der Waals surface area contributed by atoms with Gasteiger partial charge < -0.3 is 18.7 Å². The Kier molecular flexibility index (Phi) is 3.97. The largest absolute Gasteiger partial charge is 0.455 e. The number of nitrogens with one attached hydrogen (secondary N) is 1. The average Bonchev–Trinajstić information content (AvgIpc) is 3.59. The first-order valence-corrected chi connectivity index (χ1v) is 9.93. The molecular formula is C21H16FN7O3. The number of rotatable bonds is 3. The molecule has 0 saturated heterocycles. The second-order valence-electron chi connectivity index (χ2n) is 7.48. The molecule has 4 aromatic heterocycles. The highest BCUT2D eigenvalue weighted by molar-refractivity contribution is 5.90. The molecule has 1 aromatic carbocycles. The van der Waals surface area contributed by atoms with Gasteiger partial charge in [-0.2, -0.15) is 5.10 Å². The summed E-state index contributed by atoms with van der Waals surface area (Å²) in [4.78, 5) is 22.3. The van der Waals surface area contributed by atoms with E-state index in [1.54, 1.807) is 48.3 Å². The van der Waals surface area contributed by atoms with Gasteiger partial charge in [0.25, 0.3) is 5.89 Å². The summed E-state index contributed by atoms with van der Waals surface area (Å²) < 4.78 is 28.4. The molecule has 0 unspecified atom stereocenters. The zero-order valence-corrected chi connectivity index (χ0v) is 16.8. The average molecular weight is 433 g/mol. The number of carbonyl (C=O) groups is 1. The topological polar surface area (TPSA) is 119 Å². The van der Waals surface area contributed by atoms with Crippen LogP contribution in [-0.4, -0.2) is 47.3 Å². The summed E-state index contributed by atoms with van der Waals surface area (Å²) >= 11 is 0. The lowest BCUT2D eigenvalue weighted by Gasteiger charge is -2.32. The fourth-order valence-corrected chi connectivity index (χ4v) is 4.03. The van der Waals surface area contributed by atoms with E-state index in [0.29, 0.717) is 28.8 Å². The van der Waals surface area contributed by atoms with Gasteiger partial charge in [-0.3, -0.25) is 9.48 Å². The van der Waals surface area contributed by atoms with Crippen molar-refractivity contribution in [2.75, 3.05) is 6.54 Å². The van der Waals surface area contributed by atoms with Gasteiger partial charge in [0.2, 0.25) is 0 Å². The summed E-state index contributed by atoms with van der Waals surface area (Å²) in [5.41, 5.74) is 2.18. The van der Waals surface area contributed by atoms with Crippen LogP contribution < -0.4 is 0 Å². The molecule has 160 valence electrons. The molecule has 1 aliphatic heterocycles. The molecule has 32 heavy (non-hydrogen) atoms. The van der Waals surface area contributed by atoms with Gasteiger partial charge in [-0.25, -0.2) is 9.37 Å². The van der Waals surface area contributed by atoms with Crippen LogP contribution in [0, 0.1) is 5.82 Å². The highest BCUT2D eigenvalue weighted by Gasteiger charge is 2.40. The highest BCUT2D eigenvalue weighted by Crippen LogP contribution is 2.39. The first-order valence-electron chi connectivity index (χ1n) is 9.93. The number of furan rings is 1. The van der Waals surface area contributed by atoms with E-state index in [1.165, 1.54) is 11.2 Å². The number of fused-ring (bicyclic) bond motifs is 2. The van der Waals surface area contributed by atoms with Crippen LogP contribution in [0.15, 0.2) is 51.7 Å². The Labute approximate surface area is 179 Å². The molecule has 1 atom stereocenters. The monoisotopic (exact) mass is 433 g/mol. The van der Waals surface area contributed by atoms with Crippen LogP contribution in [0.5, 0.6) is 0 Å². The molecule has 0 fully saturated rings. The fraction of sp³-hybridized carbons (Fsp3) is 0.190. The summed E-state index contributed by atoms with van der Waals surface area (Å²) in [6.45, 7) is 0.288. The molecule has 0 saturated carbocycles. The lowest BCUT2D eigenvalue weighted by atomic mass is 9.99. The zero-order chi connectivity index (χ0) is 21.8. The van der Waals surface area contributed by atoms with Crippen LogP contribution in [-0.2, 0) is 13.5 Å². The minimum absolute atomic E-state index is 0.0112. The number of hydrogen-bond donors (Lipinski definition) is 1. The summed E-state index contributed by atoms with van der Waals surface area (Å²) in [6, 6.07) is 7.62. The minimum atomic E-state index is -0.880. The maximum atomic E-state index is 15.3. The number of aromatic amines is 1. The summed E-state index contributed by atoms with van der Waals surface area (Å²) in [5.74, 6) is -1.15. The van der Waals surface area contributed by atoms with Crippen molar-refractivity contribution >= 4 is 16.9 Å². The van der Waals surface area contributed by atoms with Crippen LogP contribution >= 0.6 is 0 Å². The number of carbonyl (C=O) groups excluding carboxylic acids is 1. The standard InChI is InChI=1S/C21H16FN7O3/c1-28-8-6-13(27-28)19-25-26-20(32-19)21(30)29-9-7-12-16(24-10-23-12)17(29)18-15(22)11-4-2-3-5-14(11)31-18/h2-6,8,10,17H,7,9H2,1H3,(H,23,24)/t17-/m0/s1. The van der Waals surface area contributed by atoms with Crippen LogP contribution in [0.2, 0.25) is 0 Å². The smallest absolute Gasteiger partial charge is 0.312 e. The Morgan fingerprint density at radius 1 is 1.22 bits per heavy atom. The van der Waals surface area contributed by atoms with Gasteiger partial charge in [0, 0.05) is 31.9 Å². The number of hydrogen-bond acceptors (Lipinski definition) is 7. The molecule has 5 aromatic rings. The molecule has 1 N–H and O–H groups in total. The molecule has 11 heteroatoms. The Balaban J connectivity index is 1.43. The number of aryl methyl sites for hydroxylation is 1. The highest BCUT2D eigenvalue weighted by atomic mass is 19.1. The fourth-order valence-electron chi connectivity index (χ4n) is 4.03. The van der Waals surface area contributed by atoms with Crippen molar-refractivity contribution in [1.29, 1.82) is 0 Å². The van der Waals surface area contributed by atoms with Crippen molar-refractivity contribution < 1.29 is 18.0 Å². The van der Waals surface area contributed by atoms with Gasteiger partial charge in [-0.05, 0) is 18.2 Å². The van der Waals surface area contributed by atoms with Gasteiger partial charge in [0.15, 0.2) is 11.6 Å². The SMILES string of the molecule is Cn1ccc(-c2nnc(C(=O)N3CCc4[nH]cnc4[C@H]3c3oc4ccccc4c3F)o2)n1. The van der Waals surface area contributed by atoms with E-state index < -0.39 is 17.8 Å². The predicted molar refractivity (Wildman–Crippen MR) is 108 cm³/mol. The summed E-state index contributed by atoms with van der Waals surface area (Å²) in [6.07, 6.45) is 3.77. The number of imidazole rings is 1. The van der Waals surface area contributed by atoms with Crippen LogP contribution in [0.3, 0.4) is 0 Å². The van der Waals surface area contributed by atoms with Gasteiger partial charge in [-0.1, -0.05) is 12.1 Å². The maximum Gasteiger partial charge on any atom is 0.312 e. The van der Waals surface area contributed by atoms with Crippen molar-refractivity contribution in [2.45, 2.75) is 12.5 Å². The summed E-state index contributed by atoms with van der Waals surface area (Å²) in [7, 11) is 1.76. The molecule has 0 aliphatic carbocycles. The maximum absolute atomic E-state index is 15.3. The van der Waals surface area contributed by atoms with E-state index in [1.807, 2.05) is 0 Å². The van der Waals surface area contributed by atoms with Gasteiger partial charge in [0.1, 0.15) is 17.3 Å². The third-order valence-electron chi connectivity index (χ3n) is 5.53. The predicted octanol–water partition coefficient (Wildman–Crippen LogP) is 2.87. The number of benzene rings is 1. The molecule has 10 nitrogen and oxygen atoms in total. The summed E-state index contributed by atoms with van der Waals surface area (Å²) in [5, 5.41) is 12.4. The molecule has 0 spiro atoms. The first-order chi connectivity index (χ1) is 15.6. The Hall–Kier alpha value is -4.28. The first kappa shape index (κ1) is 18.5. The van der Waals surface area contributed by atoms with Crippen LogP contribution in [0.1, 0.15) is 33.9 Å². The molecule has 0 radical (unpaired) electrons. The van der Waals surface area contributed by atoms with Crippen molar-refractivity contribution in [2.24, 2.45) is 7.05 Å². The number of halogens is 1. The molecule has 5 heterocycles. The normalized spacial score (nSPS) is 15.9. The number of H-pyrrole nitrogens is 1. The second-order valence-corrected chi connectivity index (χ2v) is 7.48. The second kappa shape index (κ2) is 6.87. The quantitative estimate of drug-likeness (QED) is 0.465. The van der Waals surface area contributed by atoms with Gasteiger partial charge in [0.05, 0.1) is 17.4 Å². The van der Waals surface area contributed by atoms with E-state index in [-0.39, 0.29) is 24.1 Å². The van der Waals surface area contributed by atoms with Gasteiger partial charge >= 0.3 is 11.8 Å². The number of para-hydroxylation sites is 1. The number of amides is 1. The molecule has 1 aliphatic rings. The Morgan fingerprint density at radius 3 is 2.91 bits per heavy atom. The van der Waals surface area contributed by atoms with Crippen molar-refractivity contribution in [3.05, 3.63) is 71.7 Å². The zero-order valence-electron chi connectivity index (χ0n) is 16.8. The van der Waals surface area contributed by atoms with Crippen molar-refractivity contribution in [3.63, 3.8) is 0 Å². The third kappa shape index (κ3) is 2.74. The van der Waals surface area contributed by atoms with E-state index in [0.717, 1.165) is 5.69 Å². The van der Waals surface area contributed by atoms with Crippen LogP contribution in [0.4, 0.5) is 4.39 Å². The molecule has 1 amide bonds. The van der Waals surface area contributed by atoms with Crippen LogP contribution in [0.25, 0.3) is 22.6 Å². The number of aromatic nitrogens is 6. The lowest BCUT2D eigenvalue weighted by Crippen LogP contribution is -2.41. The Bertz CT molecular complexity index is 1460. The van der Waals surface area contributed by atoms with E-state index >= 15 is 4.39 Å². The molecule has 6 rings (SSSR count). The van der Waals surface area contributed by atoms with E-state index in [9.17, 15) is 4.79 Å². The molecule has 0 bridgehead atoms. The Morgan fingerprint density at radius 2 is 2.09 bits per heavy atom. The van der Waals surface area contributed by atoms with Crippen molar-refractivity contribution in [1.82, 2.24) is 34.8 Å². The molecular weight excluding hydrogens is 417 g/mol. The third-order valence-corrected chi connectivity index (χ3v) is 5.53. The number of nitrogens with zero attached hydrogens (tertiary/aromatic N) is 6. The van der Waals surface area contributed by atoms with E-state index in [2.05, 4.69) is 25.3 Å².